The molecule has 0 N–H and O–H groups in total. The summed E-state index contributed by atoms with van der Waals surface area (Å²) in [6, 6.07) is 32.9. The predicted octanol–water partition coefficient (Wildman–Crippen LogP) is 5.26. The van der Waals surface area contributed by atoms with E-state index in [1.54, 1.807) is 0 Å². The summed E-state index contributed by atoms with van der Waals surface area (Å²) in [6.07, 6.45) is 0. The number of nitrogens with zero attached hydrogens (tertiary/aromatic N) is 2. The maximum absolute atomic E-state index is 6.10. The van der Waals surface area contributed by atoms with Gasteiger partial charge >= 0.3 is 0 Å². The fourth-order valence-corrected chi connectivity index (χ4v) is 4.94. The van der Waals surface area contributed by atoms with Gasteiger partial charge in [-0.1, -0.05) is 91.0 Å². The second-order valence-electron chi connectivity index (χ2n) is 8.95. The van der Waals surface area contributed by atoms with Crippen molar-refractivity contribution in [2.24, 2.45) is 4.99 Å². The maximum Gasteiger partial charge on any atom is 0.203 e. The van der Waals surface area contributed by atoms with Crippen molar-refractivity contribution in [3.05, 3.63) is 108 Å². The lowest BCUT2D eigenvalue weighted by Crippen LogP contribution is -2.40. The molecule has 2 heterocycles. The lowest BCUT2D eigenvalue weighted by molar-refractivity contribution is 0.262. The zero-order chi connectivity index (χ0) is 20.8. The fourth-order valence-electron chi connectivity index (χ4n) is 4.94. The summed E-state index contributed by atoms with van der Waals surface area (Å²) in [5.41, 5.74) is 3.21. The molecule has 0 spiro atoms. The molecule has 2 aliphatic rings. The molecule has 0 bridgehead atoms. The van der Waals surface area contributed by atoms with Gasteiger partial charge in [0.15, 0.2) is 0 Å². The van der Waals surface area contributed by atoms with Gasteiger partial charge in [-0.15, -0.1) is 0 Å². The third-order valence-electron chi connectivity index (χ3n) is 6.31. The summed E-state index contributed by atoms with van der Waals surface area (Å²) < 4.78 is 6.10. The van der Waals surface area contributed by atoms with Gasteiger partial charge in [0.2, 0.25) is 5.90 Å². The van der Waals surface area contributed by atoms with Crippen LogP contribution in [0.4, 0.5) is 0 Å². The molecule has 2 aliphatic heterocycles. The molecule has 0 aromatic heterocycles. The van der Waals surface area contributed by atoms with Gasteiger partial charge in [-0.2, -0.15) is 0 Å². The van der Waals surface area contributed by atoms with Crippen LogP contribution in [0.1, 0.15) is 37.5 Å². The highest BCUT2D eigenvalue weighted by atomic mass is 16.5. The van der Waals surface area contributed by atoms with Gasteiger partial charge in [0.25, 0.3) is 0 Å². The number of rotatable bonds is 5. The molecule has 0 aliphatic carbocycles. The van der Waals surface area contributed by atoms with E-state index in [4.69, 9.17) is 9.73 Å². The van der Waals surface area contributed by atoms with Crippen molar-refractivity contribution in [2.45, 2.75) is 43.9 Å². The summed E-state index contributed by atoms with van der Waals surface area (Å²) in [7, 11) is 0. The zero-order valence-electron chi connectivity index (χ0n) is 17.8. The molecule has 0 saturated carbocycles. The molecule has 0 radical (unpaired) electrons. The third kappa shape index (κ3) is 2.96. The molecule has 3 aromatic rings. The van der Waals surface area contributed by atoms with Gasteiger partial charge in [-0.3, -0.25) is 4.90 Å². The fraction of sp³-hybridized carbons (Fsp3) is 0.296. The van der Waals surface area contributed by atoms with Crippen LogP contribution in [0.15, 0.2) is 96.0 Å². The van der Waals surface area contributed by atoms with E-state index in [-0.39, 0.29) is 11.6 Å². The van der Waals surface area contributed by atoms with Gasteiger partial charge in [-0.05, 0) is 37.5 Å². The molecule has 5 rings (SSSR count). The van der Waals surface area contributed by atoms with E-state index in [1.165, 1.54) is 16.7 Å². The molecule has 30 heavy (non-hydrogen) atoms. The molecule has 3 heteroatoms. The number of benzene rings is 3. The summed E-state index contributed by atoms with van der Waals surface area (Å²) >= 11 is 0. The van der Waals surface area contributed by atoms with E-state index in [0.717, 1.165) is 5.90 Å². The summed E-state index contributed by atoms with van der Waals surface area (Å²) in [5.74, 6) is 0.875. The number of hydrogen-bond donors (Lipinski definition) is 0. The average molecular weight is 397 g/mol. The normalized spacial score (nSPS) is 24.8. The van der Waals surface area contributed by atoms with Gasteiger partial charge in [0.1, 0.15) is 12.6 Å². The Hall–Kier alpha value is -2.91. The largest absolute Gasteiger partial charge is 0.477 e. The Balaban J connectivity index is 1.74. The topological polar surface area (TPSA) is 24.6 Å². The summed E-state index contributed by atoms with van der Waals surface area (Å²) in [6.45, 7) is 7.20. The minimum absolute atomic E-state index is 0.155. The van der Waals surface area contributed by atoms with Crippen molar-refractivity contribution in [2.75, 3.05) is 6.61 Å². The van der Waals surface area contributed by atoms with Gasteiger partial charge in [0.05, 0.1) is 11.1 Å². The molecule has 3 atom stereocenters. The Morgan fingerprint density at radius 1 is 0.800 bits per heavy atom. The Morgan fingerprint density at radius 3 is 1.60 bits per heavy atom. The zero-order valence-corrected chi connectivity index (χ0v) is 17.8. The molecule has 1 fully saturated rings. The van der Waals surface area contributed by atoms with E-state index in [9.17, 15) is 0 Å². The molecular formula is C27H28N2O. The highest BCUT2D eigenvalue weighted by Gasteiger charge is 2.62. The van der Waals surface area contributed by atoms with E-state index in [0.29, 0.717) is 12.6 Å². The van der Waals surface area contributed by atoms with Crippen molar-refractivity contribution in [1.82, 2.24) is 4.90 Å². The monoisotopic (exact) mass is 396 g/mol. The number of hydrogen-bond acceptors (Lipinski definition) is 3. The number of aliphatic imine (C=N–C) groups is 1. The van der Waals surface area contributed by atoms with Crippen LogP contribution in [0.2, 0.25) is 0 Å². The standard InChI is InChI=1S/C27H28N2O/c1-20-24(25-28-26(2,3)19-30-25)29(20)27(21-13-7-4-8-14-21,22-15-9-5-10-16-22)23-17-11-6-12-18-23/h4-18,20,24H,19H2,1-3H3/t20-,24-,29?/m0/s1. The SMILES string of the molecule is C[C@H]1[C@@H](C2=NC(C)(C)CO2)N1C(c1ccccc1)(c1ccccc1)c1ccccc1. The van der Waals surface area contributed by atoms with Crippen molar-refractivity contribution in [3.8, 4) is 0 Å². The first-order valence-electron chi connectivity index (χ1n) is 10.7. The van der Waals surface area contributed by atoms with E-state index < -0.39 is 5.54 Å². The van der Waals surface area contributed by atoms with Crippen molar-refractivity contribution < 1.29 is 4.74 Å². The molecule has 1 saturated heterocycles. The third-order valence-corrected chi connectivity index (χ3v) is 6.31. The minimum atomic E-state index is -0.410. The average Bonchev–Trinajstić information content (AvgIpc) is 3.30. The van der Waals surface area contributed by atoms with Crippen LogP contribution in [0, 0.1) is 0 Å². The first-order chi connectivity index (χ1) is 14.5. The van der Waals surface area contributed by atoms with Crippen molar-refractivity contribution >= 4 is 5.90 Å². The second kappa shape index (κ2) is 7.10. The van der Waals surface area contributed by atoms with Crippen LogP contribution in [0.5, 0.6) is 0 Å². The quantitative estimate of drug-likeness (QED) is 0.434. The van der Waals surface area contributed by atoms with Crippen molar-refractivity contribution in [3.63, 3.8) is 0 Å². The Labute approximate surface area is 179 Å². The highest BCUT2D eigenvalue weighted by Crippen LogP contribution is 2.52. The van der Waals surface area contributed by atoms with Crippen LogP contribution < -0.4 is 0 Å². The second-order valence-corrected chi connectivity index (χ2v) is 8.95. The lowest BCUT2D eigenvalue weighted by atomic mass is 9.76. The first-order valence-corrected chi connectivity index (χ1v) is 10.7. The molecule has 3 nitrogen and oxygen atoms in total. The van der Waals surface area contributed by atoms with Crippen LogP contribution in [-0.4, -0.2) is 35.0 Å². The summed E-state index contributed by atoms with van der Waals surface area (Å²) in [4.78, 5) is 7.49. The van der Waals surface area contributed by atoms with Crippen LogP contribution in [0.3, 0.4) is 0 Å². The molecule has 1 unspecified atom stereocenters. The van der Waals surface area contributed by atoms with Gasteiger partial charge < -0.3 is 4.74 Å². The first kappa shape index (κ1) is 19.1. The van der Waals surface area contributed by atoms with Crippen LogP contribution in [-0.2, 0) is 10.3 Å². The van der Waals surface area contributed by atoms with E-state index >= 15 is 0 Å². The maximum atomic E-state index is 6.10. The predicted molar refractivity (Wildman–Crippen MR) is 122 cm³/mol. The molecule has 3 aromatic carbocycles. The smallest absolute Gasteiger partial charge is 0.203 e. The Bertz CT molecular complexity index is 947. The Morgan fingerprint density at radius 2 is 1.23 bits per heavy atom. The van der Waals surface area contributed by atoms with E-state index in [2.05, 4.69) is 117 Å². The van der Waals surface area contributed by atoms with Crippen LogP contribution >= 0.6 is 0 Å². The van der Waals surface area contributed by atoms with Crippen LogP contribution in [0.25, 0.3) is 0 Å². The lowest BCUT2D eigenvalue weighted by Gasteiger charge is -2.38. The molecular weight excluding hydrogens is 368 g/mol. The minimum Gasteiger partial charge on any atom is -0.477 e. The summed E-state index contributed by atoms with van der Waals surface area (Å²) in [5, 5.41) is 0. The Kier molecular flexibility index (Phi) is 4.52. The van der Waals surface area contributed by atoms with Gasteiger partial charge in [0, 0.05) is 6.04 Å². The van der Waals surface area contributed by atoms with Gasteiger partial charge in [-0.25, -0.2) is 4.99 Å². The molecule has 152 valence electrons. The number of ether oxygens (including phenoxy) is 1. The highest BCUT2D eigenvalue weighted by molar-refractivity contribution is 5.88. The van der Waals surface area contributed by atoms with E-state index in [1.807, 2.05) is 0 Å². The molecule has 0 amide bonds. The van der Waals surface area contributed by atoms with Crippen molar-refractivity contribution in [1.29, 1.82) is 0 Å².